The Morgan fingerprint density at radius 2 is 2.08 bits per heavy atom. The molecule has 3 aromatic rings. The summed E-state index contributed by atoms with van der Waals surface area (Å²) in [7, 11) is 1.62. The van der Waals surface area contributed by atoms with Gasteiger partial charge in [0.1, 0.15) is 11.8 Å². The average Bonchev–Trinajstić information content (AvgIpc) is 2.99. The molecule has 0 fully saturated rings. The number of aromatic nitrogens is 1. The van der Waals surface area contributed by atoms with Crippen LogP contribution in [0.5, 0.6) is 5.75 Å². The second-order valence-corrected chi connectivity index (χ2v) is 7.06. The van der Waals surface area contributed by atoms with Crippen LogP contribution in [0.2, 0.25) is 0 Å². The van der Waals surface area contributed by atoms with Crippen LogP contribution in [0.4, 0.5) is 0 Å². The Bertz CT molecular complexity index is 966. The lowest BCUT2D eigenvalue weighted by atomic mass is 9.90. The van der Waals surface area contributed by atoms with E-state index in [1.165, 1.54) is 0 Å². The van der Waals surface area contributed by atoms with Crippen molar-refractivity contribution >= 4 is 32.8 Å². The number of aromatic amines is 1. The number of halogens is 1. The van der Waals surface area contributed by atoms with Gasteiger partial charge in [-0.25, -0.2) is 0 Å². The molecule has 0 spiro atoms. The van der Waals surface area contributed by atoms with Gasteiger partial charge in [-0.1, -0.05) is 34.1 Å². The molecule has 1 aromatic heterocycles. The highest BCUT2D eigenvalue weighted by molar-refractivity contribution is 9.10. The van der Waals surface area contributed by atoms with E-state index >= 15 is 0 Å². The predicted octanol–water partition coefficient (Wildman–Crippen LogP) is 3.63. The van der Waals surface area contributed by atoms with Gasteiger partial charge in [-0.2, -0.15) is 0 Å². The quantitative estimate of drug-likeness (QED) is 0.627. The number of ether oxygens (including phenoxy) is 1. The summed E-state index contributed by atoms with van der Waals surface area (Å²) in [5.41, 5.74) is 3.96. The van der Waals surface area contributed by atoms with Gasteiger partial charge >= 0.3 is 5.97 Å². The molecule has 0 saturated heterocycles. The van der Waals surface area contributed by atoms with Crippen molar-refractivity contribution in [2.24, 2.45) is 0 Å². The van der Waals surface area contributed by atoms with E-state index in [0.29, 0.717) is 6.42 Å². The van der Waals surface area contributed by atoms with E-state index in [1.54, 1.807) is 7.11 Å². The highest BCUT2D eigenvalue weighted by Gasteiger charge is 2.35. The lowest BCUT2D eigenvalue weighted by molar-refractivity contribution is -0.139. The van der Waals surface area contributed by atoms with Gasteiger partial charge in [-0.15, -0.1) is 0 Å². The Balaban J connectivity index is 1.94. The van der Waals surface area contributed by atoms with Crippen LogP contribution < -0.4 is 10.1 Å². The number of benzene rings is 2. The fourth-order valence-corrected chi connectivity index (χ4v) is 3.95. The Hall–Kier alpha value is -2.31. The molecule has 4 rings (SSSR count). The molecule has 3 N–H and O–H groups in total. The third-order valence-corrected chi connectivity index (χ3v) is 5.21. The van der Waals surface area contributed by atoms with Crippen molar-refractivity contribution in [2.45, 2.75) is 18.5 Å². The summed E-state index contributed by atoms with van der Waals surface area (Å²) < 4.78 is 6.43. The van der Waals surface area contributed by atoms with Crippen LogP contribution in [0.25, 0.3) is 10.9 Å². The minimum Gasteiger partial charge on any atom is -0.496 e. The Morgan fingerprint density at radius 3 is 2.84 bits per heavy atom. The molecule has 5 nitrogen and oxygen atoms in total. The molecule has 1 aliphatic rings. The largest absolute Gasteiger partial charge is 0.496 e. The second-order valence-electron chi connectivity index (χ2n) is 6.14. The number of H-pyrrole nitrogens is 1. The normalized spacial score (nSPS) is 19.6. The molecule has 25 heavy (non-hydrogen) atoms. The molecule has 0 aliphatic carbocycles. The molecule has 1 aliphatic heterocycles. The van der Waals surface area contributed by atoms with Gasteiger partial charge in [0.2, 0.25) is 0 Å². The van der Waals surface area contributed by atoms with E-state index in [2.05, 4.69) is 26.2 Å². The van der Waals surface area contributed by atoms with Crippen LogP contribution >= 0.6 is 15.9 Å². The molecule has 6 heteroatoms. The Kier molecular flexibility index (Phi) is 4.01. The predicted molar refractivity (Wildman–Crippen MR) is 99.1 cm³/mol. The number of hydrogen-bond acceptors (Lipinski definition) is 3. The van der Waals surface area contributed by atoms with Crippen LogP contribution in [0, 0.1) is 0 Å². The van der Waals surface area contributed by atoms with Crippen molar-refractivity contribution in [1.82, 2.24) is 10.3 Å². The second kappa shape index (κ2) is 6.20. The van der Waals surface area contributed by atoms with Gasteiger partial charge in [0.25, 0.3) is 0 Å². The number of rotatable bonds is 3. The molecule has 2 atom stereocenters. The minimum atomic E-state index is -0.852. The van der Waals surface area contributed by atoms with Crippen molar-refractivity contribution < 1.29 is 14.6 Å². The zero-order valence-corrected chi connectivity index (χ0v) is 15.1. The number of carboxylic acid groups (broad SMARTS) is 1. The van der Waals surface area contributed by atoms with Crippen LogP contribution in [0.1, 0.15) is 22.9 Å². The lowest BCUT2D eigenvalue weighted by Crippen LogP contribution is -2.45. The Morgan fingerprint density at radius 1 is 1.28 bits per heavy atom. The van der Waals surface area contributed by atoms with Crippen molar-refractivity contribution in [3.8, 4) is 5.75 Å². The first-order chi connectivity index (χ1) is 12.1. The van der Waals surface area contributed by atoms with E-state index in [1.807, 2.05) is 42.5 Å². The van der Waals surface area contributed by atoms with Crippen LogP contribution in [0.3, 0.4) is 0 Å². The summed E-state index contributed by atoms with van der Waals surface area (Å²) in [6.07, 6.45) is 0.446. The van der Waals surface area contributed by atoms with E-state index in [4.69, 9.17) is 4.74 Å². The topological polar surface area (TPSA) is 74.3 Å². The molecule has 0 bridgehead atoms. The highest BCUT2D eigenvalue weighted by atomic mass is 79.9. The zero-order chi connectivity index (χ0) is 17.6. The third-order valence-electron chi connectivity index (χ3n) is 4.71. The molecule has 2 heterocycles. The van der Waals surface area contributed by atoms with Crippen molar-refractivity contribution in [1.29, 1.82) is 0 Å². The van der Waals surface area contributed by atoms with Crippen LogP contribution in [-0.4, -0.2) is 29.2 Å². The van der Waals surface area contributed by atoms with Gasteiger partial charge in [0.05, 0.1) is 13.2 Å². The summed E-state index contributed by atoms with van der Waals surface area (Å²) >= 11 is 3.50. The lowest BCUT2D eigenvalue weighted by Gasteiger charge is -2.30. The fourth-order valence-electron chi connectivity index (χ4n) is 3.57. The van der Waals surface area contributed by atoms with Gasteiger partial charge in [0, 0.05) is 33.1 Å². The summed E-state index contributed by atoms with van der Waals surface area (Å²) in [6, 6.07) is 12.8. The summed E-state index contributed by atoms with van der Waals surface area (Å²) in [5.74, 6) is -0.133. The SMILES string of the molecule is COc1ccc(Br)cc1C1NC(C(=O)O)Cc2c1[nH]c1ccccc21. The number of hydrogen-bond donors (Lipinski definition) is 3. The smallest absolute Gasteiger partial charge is 0.321 e. The average molecular weight is 401 g/mol. The molecule has 0 radical (unpaired) electrons. The van der Waals surface area contributed by atoms with E-state index in [0.717, 1.165) is 37.9 Å². The monoisotopic (exact) mass is 400 g/mol. The fraction of sp³-hybridized carbons (Fsp3) is 0.211. The van der Waals surface area contributed by atoms with E-state index in [9.17, 15) is 9.90 Å². The van der Waals surface area contributed by atoms with E-state index in [-0.39, 0.29) is 6.04 Å². The molecule has 0 amide bonds. The van der Waals surface area contributed by atoms with Gasteiger partial charge < -0.3 is 14.8 Å². The number of carbonyl (C=O) groups is 1. The van der Waals surface area contributed by atoms with Gasteiger partial charge in [-0.05, 0) is 29.8 Å². The Labute approximate surface area is 153 Å². The zero-order valence-electron chi connectivity index (χ0n) is 13.5. The molecular formula is C19H17BrN2O3. The summed E-state index contributed by atoms with van der Waals surface area (Å²) in [4.78, 5) is 15.2. The van der Waals surface area contributed by atoms with Crippen molar-refractivity contribution in [3.63, 3.8) is 0 Å². The van der Waals surface area contributed by atoms with Crippen LogP contribution in [0.15, 0.2) is 46.9 Å². The number of aliphatic carboxylic acids is 1. The number of methoxy groups -OCH3 is 1. The maximum atomic E-state index is 11.7. The maximum Gasteiger partial charge on any atom is 0.321 e. The number of fused-ring (bicyclic) bond motifs is 3. The molecule has 0 saturated carbocycles. The molecular weight excluding hydrogens is 384 g/mol. The van der Waals surface area contributed by atoms with Gasteiger partial charge in [-0.3, -0.25) is 10.1 Å². The van der Waals surface area contributed by atoms with E-state index < -0.39 is 12.0 Å². The van der Waals surface area contributed by atoms with Gasteiger partial charge in [0.15, 0.2) is 0 Å². The molecule has 128 valence electrons. The number of para-hydroxylation sites is 1. The molecule has 2 aromatic carbocycles. The minimum absolute atomic E-state index is 0.287. The first kappa shape index (κ1) is 16.2. The van der Waals surface area contributed by atoms with Crippen molar-refractivity contribution in [3.05, 3.63) is 63.8 Å². The third kappa shape index (κ3) is 2.71. The number of nitrogens with one attached hydrogen (secondary N) is 2. The van der Waals surface area contributed by atoms with Crippen molar-refractivity contribution in [2.75, 3.05) is 7.11 Å². The number of carboxylic acids is 1. The van der Waals surface area contributed by atoms with Crippen LogP contribution in [-0.2, 0) is 11.2 Å². The summed E-state index contributed by atoms with van der Waals surface area (Å²) in [6.45, 7) is 0. The first-order valence-electron chi connectivity index (χ1n) is 8.00. The molecule has 2 unspecified atom stereocenters. The maximum absolute atomic E-state index is 11.7. The first-order valence-corrected chi connectivity index (χ1v) is 8.79. The standard InChI is InChI=1S/C19H17BrN2O3/c1-25-16-7-6-10(20)8-13(16)18-17-12(9-15(22-18)19(23)24)11-4-2-3-5-14(11)21-17/h2-8,15,18,21-22H,9H2,1H3,(H,23,24). The highest BCUT2D eigenvalue weighted by Crippen LogP contribution is 2.39. The summed E-state index contributed by atoms with van der Waals surface area (Å²) in [5, 5.41) is 13.9.